The van der Waals surface area contributed by atoms with Crippen LogP contribution in [-0.2, 0) is 0 Å². The molecule has 1 aromatic heterocycles. The maximum atomic E-state index is 13.0. The number of rotatable bonds is 2. The number of ether oxygens (including phenoxy) is 1. The SMILES string of the molecule is COc1ncc(N2CC[C@@]3(O)C(=O)c4cc(C)c(C)cc4N=C23)cc1C. The van der Waals surface area contributed by atoms with Crippen molar-refractivity contribution in [3.8, 4) is 5.88 Å². The molecule has 4 rings (SSSR count). The molecule has 3 heterocycles. The lowest BCUT2D eigenvalue weighted by molar-refractivity contribution is 0.0602. The Morgan fingerprint density at radius 2 is 1.88 bits per heavy atom. The summed E-state index contributed by atoms with van der Waals surface area (Å²) in [5, 5.41) is 11.1. The van der Waals surface area contributed by atoms with Gasteiger partial charge in [-0.25, -0.2) is 9.98 Å². The van der Waals surface area contributed by atoms with E-state index in [9.17, 15) is 9.90 Å². The second-order valence-corrected chi connectivity index (χ2v) is 7.00. The van der Waals surface area contributed by atoms with Gasteiger partial charge in [0.05, 0.1) is 24.7 Å². The van der Waals surface area contributed by atoms with Gasteiger partial charge in [0.1, 0.15) is 5.84 Å². The van der Waals surface area contributed by atoms with Crippen molar-refractivity contribution in [2.45, 2.75) is 32.8 Å². The first-order valence-corrected chi connectivity index (χ1v) is 8.61. The molecule has 26 heavy (non-hydrogen) atoms. The van der Waals surface area contributed by atoms with Crippen molar-refractivity contribution in [2.75, 3.05) is 18.6 Å². The van der Waals surface area contributed by atoms with Crippen LogP contribution in [0.15, 0.2) is 29.4 Å². The first-order valence-electron chi connectivity index (χ1n) is 8.61. The molecule has 1 saturated heterocycles. The van der Waals surface area contributed by atoms with Gasteiger partial charge in [-0.1, -0.05) is 0 Å². The zero-order valence-corrected chi connectivity index (χ0v) is 15.3. The van der Waals surface area contributed by atoms with E-state index < -0.39 is 5.60 Å². The van der Waals surface area contributed by atoms with E-state index in [4.69, 9.17) is 4.74 Å². The van der Waals surface area contributed by atoms with Gasteiger partial charge in [0.2, 0.25) is 11.7 Å². The summed E-state index contributed by atoms with van der Waals surface area (Å²) in [6.45, 7) is 6.36. The number of hydrogen-bond acceptors (Lipinski definition) is 6. The highest BCUT2D eigenvalue weighted by atomic mass is 16.5. The van der Waals surface area contributed by atoms with Crippen LogP contribution < -0.4 is 9.64 Å². The van der Waals surface area contributed by atoms with Crippen LogP contribution in [-0.4, -0.2) is 41.0 Å². The van der Waals surface area contributed by atoms with Crippen LogP contribution in [0, 0.1) is 20.8 Å². The number of methoxy groups -OCH3 is 1. The standard InChI is InChI=1S/C20H21N3O3/c1-11-8-15-16(9-12(11)2)22-19-20(25,17(15)24)5-6-23(19)14-7-13(3)18(26-4)21-10-14/h7-10,25H,5-6H2,1-4H3/t20-/m1/s1. The number of benzene rings is 1. The molecule has 2 aliphatic rings. The molecule has 0 saturated carbocycles. The minimum absolute atomic E-state index is 0.277. The van der Waals surface area contributed by atoms with Gasteiger partial charge in [0.25, 0.3) is 0 Å². The summed E-state index contributed by atoms with van der Waals surface area (Å²) in [7, 11) is 1.58. The molecule has 0 spiro atoms. The first-order chi connectivity index (χ1) is 12.3. The molecular weight excluding hydrogens is 330 g/mol. The molecule has 0 radical (unpaired) electrons. The normalized spacial score (nSPS) is 21.3. The van der Waals surface area contributed by atoms with E-state index in [-0.39, 0.29) is 5.78 Å². The number of pyridine rings is 1. The summed E-state index contributed by atoms with van der Waals surface area (Å²) < 4.78 is 5.21. The number of fused-ring (bicyclic) bond motifs is 2. The molecule has 0 aliphatic carbocycles. The lowest BCUT2D eigenvalue weighted by Gasteiger charge is -2.30. The zero-order chi connectivity index (χ0) is 18.6. The third-order valence-electron chi connectivity index (χ3n) is 5.30. The van der Waals surface area contributed by atoms with Crippen molar-refractivity contribution in [1.29, 1.82) is 0 Å². The number of aliphatic hydroxyl groups is 1. The van der Waals surface area contributed by atoms with Crippen LogP contribution in [0.25, 0.3) is 0 Å². The quantitative estimate of drug-likeness (QED) is 0.900. The smallest absolute Gasteiger partial charge is 0.216 e. The van der Waals surface area contributed by atoms with Gasteiger partial charge < -0.3 is 14.7 Å². The summed E-state index contributed by atoms with van der Waals surface area (Å²) >= 11 is 0. The molecule has 2 aromatic rings. The van der Waals surface area contributed by atoms with Crippen LogP contribution >= 0.6 is 0 Å². The van der Waals surface area contributed by atoms with Crippen molar-refractivity contribution in [2.24, 2.45) is 4.99 Å². The molecule has 2 aliphatic heterocycles. The van der Waals surface area contributed by atoms with Gasteiger partial charge in [-0.2, -0.15) is 0 Å². The molecule has 134 valence electrons. The van der Waals surface area contributed by atoms with E-state index in [1.165, 1.54) is 0 Å². The number of carbonyl (C=O) groups is 1. The Kier molecular flexibility index (Phi) is 3.63. The number of amidine groups is 1. The molecule has 6 nitrogen and oxygen atoms in total. The number of Topliss-reactive ketones (excluding diaryl/α,β-unsaturated/α-hetero) is 1. The molecule has 0 amide bonds. The van der Waals surface area contributed by atoms with Gasteiger partial charge in [-0.05, 0) is 50.1 Å². The summed E-state index contributed by atoms with van der Waals surface area (Å²) in [6, 6.07) is 5.66. The van der Waals surface area contributed by atoms with Crippen molar-refractivity contribution in [1.82, 2.24) is 4.98 Å². The average Bonchev–Trinajstić information content (AvgIpc) is 2.95. The number of aryl methyl sites for hydroxylation is 3. The van der Waals surface area contributed by atoms with E-state index in [1.807, 2.05) is 43.9 Å². The third-order valence-corrected chi connectivity index (χ3v) is 5.30. The number of hydrogen-bond donors (Lipinski definition) is 1. The van der Waals surface area contributed by atoms with E-state index in [1.54, 1.807) is 13.3 Å². The van der Waals surface area contributed by atoms with Crippen LogP contribution in [0.5, 0.6) is 5.88 Å². The number of aromatic nitrogens is 1. The summed E-state index contributed by atoms with van der Waals surface area (Å²) in [6.07, 6.45) is 1.99. The van der Waals surface area contributed by atoms with Crippen LogP contribution in [0.3, 0.4) is 0 Å². The van der Waals surface area contributed by atoms with Gasteiger partial charge in [0, 0.05) is 24.1 Å². The molecule has 6 heteroatoms. The maximum Gasteiger partial charge on any atom is 0.216 e. The predicted molar refractivity (Wildman–Crippen MR) is 99.8 cm³/mol. The fraction of sp³-hybridized carbons (Fsp3) is 0.350. The minimum Gasteiger partial charge on any atom is -0.481 e. The van der Waals surface area contributed by atoms with Gasteiger partial charge >= 0.3 is 0 Å². The summed E-state index contributed by atoms with van der Waals surface area (Å²) in [5.41, 5.74) is 3.28. The zero-order valence-electron chi connectivity index (χ0n) is 15.3. The first kappa shape index (κ1) is 16.7. The summed E-state index contributed by atoms with van der Waals surface area (Å²) in [5.74, 6) is 0.659. The third kappa shape index (κ3) is 2.25. The van der Waals surface area contributed by atoms with Gasteiger partial charge in [0.15, 0.2) is 5.60 Å². The Morgan fingerprint density at radius 1 is 1.15 bits per heavy atom. The predicted octanol–water partition coefficient (Wildman–Crippen LogP) is 2.88. The molecule has 0 bridgehead atoms. The molecule has 1 atom stereocenters. The average molecular weight is 351 g/mol. The topological polar surface area (TPSA) is 75.0 Å². The summed E-state index contributed by atoms with van der Waals surface area (Å²) in [4.78, 5) is 23.9. The fourth-order valence-electron chi connectivity index (χ4n) is 3.65. The van der Waals surface area contributed by atoms with E-state index in [0.29, 0.717) is 35.9 Å². The number of aliphatic imine (C=N–C) groups is 1. The van der Waals surface area contributed by atoms with Crippen molar-refractivity contribution < 1.29 is 14.6 Å². The minimum atomic E-state index is -1.58. The highest BCUT2D eigenvalue weighted by molar-refractivity contribution is 6.28. The van der Waals surface area contributed by atoms with Crippen molar-refractivity contribution in [3.63, 3.8) is 0 Å². The number of carbonyl (C=O) groups excluding carboxylic acids is 1. The number of ketones is 1. The van der Waals surface area contributed by atoms with Gasteiger partial charge in [-0.3, -0.25) is 4.79 Å². The molecule has 1 fully saturated rings. The van der Waals surface area contributed by atoms with E-state index in [0.717, 1.165) is 22.4 Å². The van der Waals surface area contributed by atoms with E-state index >= 15 is 0 Å². The largest absolute Gasteiger partial charge is 0.481 e. The lowest BCUT2D eigenvalue weighted by Crippen LogP contribution is -2.48. The Morgan fingerprint density at radius 3 is 2.58 bits per heavy atom. The molecule has 0 unspecified atom stereocenters. The molecular formula is C20H21N3O3. The molecule has 1 N–H and O–H groups in total. The lowest BCUT2D eigenvalue weighted by atomic mass is 9.86. The maximum absolute atomic E-state index is 13.0. The van der Waals surface area contributed by atoms with Crippen molar-refractivity contribution in [3.05, 3.63) is 46.6 Å². The van der Waals surface area contributed by atoms with Crippen molar-refractivity contribution >= 4 is 23.0 Å². The van der Waals surface area contributed by atoms with Crippen LogP contribution in [0.1, 0.15) is 33.5 Å². The van der Waals surface area contributed by atoms with Crippen LogP contribution in [0.4, 0.5) is 11.4 Å². The van der Waals surface area contributed by atoms with E-state index in [2.05, 4.69) is 9.98 Å². The Balaban J connectivity index is 1.84. The monoisotopic (exact) mass is 351 g/mol. The van der Waals surface area contributed by atoms with Gasteiger partial charge in [-0.15, -0.1) is 0 Å². The molecule has 1 aromatic carbocycles. The Bertz CT molecular complexity index is 967. The number of anilines is 1. The second kappa shape index (κ2) is 5.64. The van der Waals surface area contributed by atoms with Crippen LogP contribution in [0.2, 0.25) is 0 Å². The Labute approximate surface area is 152 Å². The Hall–Kier alpha value is -2.73. The second-order valence-electron chi connectivity index (χ2n) is 7.00. The highest BCUT2D eigenvalue weighted by Crippen LogP contribution is 2.40. The number of nitrogens with zero attached hydrogens (tertiary/aromatic N) is 3. The highest BCUT2D eigenvalue weighted by Gasteiger charge is 2.52. The fourth-order valence-corrected chi connectivity index (χ4v) is 3.65.